The number of nitrogens with zero attached hydrogens (tertiary/aromatic N) is 1. The highest BCUT2D eigenvalue weighted by Gasteiger charge is 2.27. The van der Waals surface area contributed by atoms with Crippen LogP contribution in [0, 0.1) is 0 Å². The van der Waals surface area contributed by atoms with Crippen molar-refractivity contribution >= 4 is 42.3 Å². The minimum atomic E-state index is -0.470. The maximum atomic E-state index is 12.1. The average molecular weight is 419 g/mol. The van der Waals surface area contributed by atoms with E-state index in [4.69, 9.17) is 0 Å². The van der Waals surface area contributed by atoms with Crippen LogP contribution in [-0.2, 0) is 4.79 Å². The Balaban J connectivity index is 0.00000182. The topological polar surface area (TPSA) is 93.7 Å². The SMILES string of the molecule is Cl.Cl.O=C(NCCN1CCCC1)c1ccc(NC(=O)C2CC(O)CN2)cc1. The fourth-order valence-corrected chi connectivity index (χ4v) is 3.29. The predicted molar refractivity (Wildman–Crippen MR) is 110 cm³/mol. The molecule has 2 fully saturated rings. The lowest BCUT2D eigenvalue weighted by atomic mass is 10.1. The molecule has 9 heteroatoms. The fourth-order valence-electron chi connectivity index (χ4n) is 3.29. The largest absolute Gasteiger partial charge is 0.392 e. The second kappa shape index (κ2) is 11.5. The maximum Gasteiger partial charge on any atom is 0.251 e. The second-order valence-corrected chi connectivity index (χ2v) is 6.72. The van der Waals surface area contributed by atoms with Gasteiger partial charge < -0.3 is 26.0 Å². The van der Waals surface area contributed by atoms with Gasteiger partial charge in [-0.2, -0.15) is 0 Å². The lowest BCUT2D eigenvalue weighted by molar-refractivity contribution is -0.117. The first-order valence-electron chi connectivity index (χ1n) is 8.95. The summed E-state index contributed by atoms with van der Waals surface area (Å²) in [5.41, 5.74) is 1.22. The number of hydrogen-bond acceptors (Lipinski definition) is 5. The van der Waals surface area contributed by atoms with Crippen LogP contribution in [0.15, 0.2) is 24.3 Å². The van der Waals surface area contributed by atoms with Crippen molar-refractivity contribution in [3.05, 3.63) is 29.8 Å². The predicted octanol–water partition coefficient (Wildman–Crippen LogP) is 1.02. The van der Waals surface area contributed by atoms with Crippen LogP contribution < -0.4 is 16.0 Å². The van der Waals surface area contributed by atoms with E-state index in [1.54, 1.807) is 24.3 Å². The van der Waals surface area contributed by atoms with Crippen molar-refractivity contribution in [2.75, 3.05) is 38.0 Å². The molecule has 1 aromatic rings. The van der Waals surface area contributed by atoms with Crippen molar-refractivity contribution in [3.8, 4) is 0 Å². The first kappa shape index (κ1) is 23.7. The summed E-state index contributed by atoms with van der Waals surface area (Å²) in [5.74, 6) is -0.267. The highest BCUT2D eigenvalue weighted by atomic mass is 35.5. The molecule has 152 valence electrons. The van der Waals surface area contributed by atoms with E-state index in [9.17, 15) is 14.7 Å². The molecule has 2 aliphatic rings. The van der Waals surface area contributed by atoms with E-state index >= 15 is 0 Å². The first-order valence-corrected chi connectivity index (χ1v) is 8.95. The van der Waals surface area contributed by atoms with Gasteiger partial charge in [-0.1, -0.05) is 0 Å². The van der Waals surface area contributed by atoms with E-state index < -0.39 is 6.10 Å². The number of rotatable bonds is 6. The normalized spacial score (nSPS) is 21.8. The van der Waals surface area contributed by atoms with Gasteiger partial charge in [0.15, 0.2) is 0 Å². The lowest BCUT2D eigenvalue weighted by Crippen LogP contribution is -2.35. The number of carbonyl (C=O) groups is 2. The number of amides is 2. The van der Waals surface area contributed by atoms with Crippen molar-refractivity contribution < 1.29 is 14.7 Å². The zero-order chi connectivity index (χ0) is 17.6. The number of aliphatic hydroxyl groups is 1. The fraction of sp³-hybridized carbons (Fsp3) is 0.556. The van der Waals surface area contributed by atoms with Crippen molar-refractivity contribution in [2.24, 2.45) is 0 Å². The van der Waals surface area contributed by atoms with Gasteiger partial charge in [0.1, 0.15) is 0 Å². The van der Waals surface area contributed by atoms with Crippen molar-refractivity contribution in [1.29, 1.82) is 0 Å². The van der Waals surface area contributed by atoms with E-state index in [0.29, 0.717) is 30.8 Å². The summed E-state index contributed by atoms with van der Waals surface area (Å²) in [6.07, 6.45) is 2.44. The molecule has 0 saturated carbocycles. The van der Waals surface area contributed by atoms with Crippen LogP contribution in [-0.4, -0.2) is 66.7 Å². The standard InChI is InChI=1S/C18H26N4O3.2ClH/c23-15-11-16(20-12-15)18(25)21-14-5-3-13(4-6-14)17(24)19-7-10-22-8-1-2-9-22;;/h3-6,15-16,20,23H,1-2,7-12H2,(H,19,24)(H,21,25);2*1H. The van der Waals surface area contributed by atoms with Crippen molar-refractivity contribution in [1.82, 2.24) is 15.5 Å². The van der Waals surface area contributed by atoms with Crippen molar-refractivity contribution in [2.45, 2.75) is 31.4 Å². The van der Waals surface area contributed by atoms with Gasteiger partial charge in [-0.3, -0.25) is 9.59 Å². The Morgan fingerprint density at radius 1 is 1.15 bits per heavy atom. The molecule has 0 aromatic heterocycles. The summed E-state index contributed by atoms with van der Waals surface area (Å²) in [6.45, 7) is 4.22. The molecule has 0 spiro atoms. The van der Waals surface area contributed by atoms with Crippen molar-refractivity contribution in [3.63, 3.8) is 0 Å². The van der Waals surface area contributed by atoms with Crippen LogP contribution >= 0.6 is 24.8 Å². The van der Waals surface area contributed by atoms with E-state index in [1.807, 2.05) is 0 Å². The molecule has 4 N–H and O–H groups in total. The first-order chi connectivity index (χ1) is 12.1. The summed E-state index contributed by atoms with van der Waals surface area (Å²) in [5, 5.41) is 18.2. The molecular weight excluding hydrogens is 391 g/mol. The Morgan fingerprint density at radius 3 is 2.41 bits per heavy atom. The third-order valence-electron chi connectivity index (χ3n) is 4.75. The second-order valence-electron chi connectivity index (χ2n) is 6.72. The van der Waals surface area contributed by atoms with Crippen LogP contribution in [0.5, 0.6) is 0 Å². The van der Waals surface area contributed by atoms with Gasteiger partial charge in [-0.15, -0.1) is 24.8 Å². The van der Waals surface area contributed by atoms with E-state index in [2.05, 4.69) is 20.9 Å². The Bertz CT molecular complexity index is 609. The summed E-state index contributed by atoms with van der Waals surface area (Å²) in [7, 11) is 0. The molecule has 27 heavy (non-hydrogen) atoms. The van der Waals surface area contributed by atoms with Gasteiger partial charge in [0.05, 0.1) is 12.1 Å². The minimum absolute atomic E-state index is 0. The number of benzene rings is 1. The molecule has 2 saturated heterocycles. The number of carbonyl (C=O) groups excluding carboxylic acids is 2. The number of likely N-dealkylation sites (tertiary alicyclic amines) is 1. The summed E-state index contributed by atoms with van der Waals surface area (Å²) in [4.78, 5) is 26.6. The molecule has 1 aromatic carbocycles. The Kier molecular flexibility index (Phi) is 10.0. The number of β-amino-alcohol motifs (C(OH)–C–C–N with tert-alkyl or cyclic N) is 1. The van der Waals surface area contributed by atoms with Gasteiger partial charge in [0, 0.05) is 30.9 Å². The molecular formula is C18H28Cl2N4O3. The molecule has 2 atom stereocenters. The Hall–Kier alpha value is -1.38. The zero-order valence-electron chi connectivity index (χ0n) is 15.1. The molecule has 0 radical (unpaired) electrons. The Labute approximate surface area is 172 Å². The van der Waals surface area contributed by atoms with Gasteiger partial charge in [0.2, 0.25) is 5.91 Å². The number of anilines is 1. The third kappa shape index (κ3) is 6.93. The number of nitrogens with one attached hydrogen (secondary N) is 3. The van der Waals surface area contributed by atoms with Gasteiger partial charge in [-0.05, 0) is 56.6 Å². The quantitative estimate of drug-likeness (QED) is 0.553. The third-order valence-corrected chi connectivity index (χ3v) is 4.75. The molecule has 2 aliphatic heterocycles. The molecule has 0 bridgehead atoms. The van der Waals surface area contributed by atoms with E-state index in [1.165, 1.54) is 12.8 Å². The zero-order valence-corrected chi connectivity index (χ0v) is 16.8. The van der Waals surface area contributed by atoms with Crippen LogP contribution in [0.1, 0.15) is 29.6 Å². The monoisotopic (exact) mass is 418 g/mol. The average Bonchev–Trinajstić information content (AvgIpc) is 3.27. The molecule has 2 amide bonds. The van der Waals surface area contributed by atoms with Gasteiger partial charge >= 0.3 is 0 Å². The van der Waals surface area contributed by atoms with Crippen LogP contribution in [0.4, 0.5) is 5.69 Å². The summed E-state index contributed by atoms with van der Waals surface area (Å²) in [6, 6.07) is 6.48. The summed E-state index contributed by atoms with van der Waals surface area (Å²) < 4.78 is 0. The molecule has 7 nitrogen and oxygen atoms in total. The maximum absolute atomic E-state index is 12.1. The number of halogens is 2. The highest BCUT2D eigenvalue weighted by molar-refractivity contribution is 5.97. The molecule has 3 rings (SSSR count). The molecule has 0 aliphatic carbocycles. The minimum Gasteiger partial charge on any atom is -0.392 e. The van der Waals surface area contributed by atoms with Crippen LogP contribution in [0.2, 0.25) is 0 Å². The number of hydrogen-bond donors (Lipinski definition) is 4. The lowest BCUT2D eigenvalue weighted by Gasteiger charge is -2.15. The van der Waals surface area contributed by atoms with Gasteiger partial charge in [-0.25, -0.2) is 0 Å². The molecule has 2 unspecified atom stereocenters. The van der Waals surface area contributed by atoms with E-state index in [0.717, 1.165) is 19.6 Å². The van der Waals surface area contributed by atoms with Crippen LogP contribution in [0.3, 0.4) is 0 Å². The smallest absolute Gasteiger partial charge is 0.251 e. The van der Waals surface area contributed by atoms with Gasteiger partial charge in [0.25, 0.3) is 5.91 Å². The highest BCUT2D eigenvalue weighted by Crippen LogP contribution is 2.13. The van der Waals surface area contributed by atoms with Crippen LogP contribution in [0.25, 0.3) is 0 Å². The van der Waals surface area contributed by atoms with E-state index in [-0.39, 0.29) is 42.7 Å². The summed E-state index contributed by atoms with van der Waals surface area (Å²) >= 11 is 0. The Morgan fingerprint density at radius 2 is 1.81 bits per heavy atom. The number of aliphatic hydroxyl groups excluding tert-OH is 1. The molecule has 2 heterocycles.